The molecular formula is C16H10N4O2S. The summed E-state index contributed by atoms with van der Waals surface area (Å²) in [4.78, 5) is 15.9. The van der Waals surface area contributed by atoms with Crippen molar-refractivity contribution in [2.24, 2.45) is 0 Å². The van der Waals surface area contributed by atoms with Gasteiger partial charge in [0.2, 0.25) is 0 Å². The number of nitrogens with zero attached hydrogens (tertiary/aromatic N) is 4. The van der Waals surface area contributed by atoms with E-state index in [4.69, 9.17) is 0 Å². The molecule has 0 saturated heterocycles. The third kappa shape index (κ3) is 2.27. The van der Waals surface area contributed by atoms with Crippen molar-refractivity contribution in [1.29, 1.82) is 0 Å². The highest BCUT2D eigenvalue weighted by Crippen LogP contribution is 2.29. The molecular weight excluding hydrogens is 312 g/mol. The van der Waals surface area contributed by atoms with Crippen molar-refractivity contribution in [1.82, 2.24) is 14.6 Å². The van der Waals surface area contributed by atoms with E-state index in [1.54, 1.807) is 40.4 Å². The molecule has 0 amide bonds. The number of non-ortho nitro benzene ring substituents is 1. The summed E-state index contributed by atoms with van der Waals surface area (Å²) >= 11 is 1.64. The van der Waals surface area contributed by atoms with Gasteiger partial charge in [0.25, 0.3) is 5.69 Å². The van der Waals surface area contributed by atoms with E-state index >= 15 is 0 Å². The van der Waals surface area contributed by atoms with E-state index in [9.17, 15) is 10.1 Å². The van der Waals surface area contributed by atoms with Gasteiger partial charge in [-0.2, -0.15) is 5.10 Å². The smallest absolute Gasteiger partial charge is 0.258 e. The van der Waals surface area contributed by atoms with Crippen LogP contribution in [-0.4, -0.2) is 19.5 Å². The molecule has 0 saturated carbocycles. The summed E-state index contributed by atoms with van der Waals surface area (Å²) in [7, 11) is 0. The van der Waals surface area contributed by atoms with Crippen LogP contribution in [0.25, 0.3) is 27.3 Å². The molecule has 0 atom stereocenters. The summed E-state index contributed by atoms with van der Waals surface area (Å²) in [5.74, 6) is 0. The Hall–Kier alpha value is -3.06. The number of aromatic nitrogens is 3. The summed E-state index contributed by atoms with van der Waals surface area (Å²) in [5, 5.41) is 17.2. The Balaban J connectivity index is 1.86. The molecule has 0 aliphatic rings. The van der Waals surface area contributed by atoms with Crippen molar-refractivity contribution in [3.63, 3.8) is 0 Å². The predicted molar refractivity (Wildman–Crippen MR) is 88.4 cm³/mol. The lowest BCUT2D eigenvalue weighted by Gasteiger charge is -2.03. The van der Waals surface area contributed by atoms with E-state index < -0.39 is 4.92 Å². The van der Waals surface area contributed by atoms with Gasteiger partial charge in [0.05, 0.1) is 21.7 Å². The van der Waals surface area contributed by atoms with Crippen LogP contribution in [0.2, 0.25) is 0 Å². The number of fused-ring (bicyclic) bond motifs is 1. The van der Waals surface area contributed by atoms with Crippen molar-refractivity contribution in [3.8, 4) is 21.7 Å². The second-order valence-corrected chi connectivity index (χ2v) is 5.85. The molecule has 0 bridgehead atoms. The first-order valence-electron chi connectivity index (χ1n) is 6.85. The fourth-order valence-electron chi connectivity index (χ4n) is 2.47. The molecule has 3 heterocycles. The SMILES string of the molecule is O=[N+]([O-])c1ccc(-c2cnn3c(-c4cccs4)ccnc23)cc1. The maximum atomic E-state index is 10.8. The summed E-state index contributed by atoms with van der Waals surface area (Å²) < 4.78 is 1.79. The highest BCUT2D eigenvalue weighted by molar-refractivity contribution is 7.13. The Bertz CT molecular complexity index is 991. The van der Waals surface area contributed by atoms with Gasteiger partial charge in [-0.1, -0.05) is 6.07 Å². The minimum absolute atomic E-state index is 0.0671. The fraction of sp³-hybridized carbons (Fsp3) is 0. The Morgan fingerprint density at radius 3 is 2.65 bits per heavy atom. The first-order valence-corrected chi connectivity index (χ1v) is 7.73. The van der Waals surface area contributed by atoms with E-state index in [0.29, 0.717) is 0 Å². The molecule has 4 aromatic rings. The number of hydrogen-bond donors (Lipinski definition) is 0. The molecule has 0 aliphatic carbocycles. The summed E-state index contributed by atoms with van der Waals surface area (Å²) in [5.41, 5.74) is 3.46. The van der Waals surface area contributed by atoms with Gasteiger partial charge in [0.15, 0.2) is 5.65 Å². The normalized spacial score (nSPS) is 11.0. The summed E-state index contributed by atoms with van der Waals surface area (Å²) in [6.45, 7) is 0. The Labute approximate surface area is 134 Å². The van der Waals surface area contributed by atoms with Crippen LogP contribution in [0.4, 0.5) is 5.69 Å². The molecule has 1 aromatic carbocycles. The fourth-order valence-corrected chi connectivity index (χ4v) is 3.20. The van der Waals surface area contributed by atoms with Crippen LogP contribution in [-0.2, 0) is 0 Å². The molecule has 7 heteroatoms. The predicted octanol–water partition coefficient (Wildman–Crippen LogP) is 4.03. The van der Waals surface area contributed by atoms with Crippen LogP contribution in [0.3, 0.4) is 0 Å². The van der Waals surface area contributed by atoms with Crippen LogP contribution in [0.1, 0.15) is 0 Å². The number of rotatable bonds is 3. The van der Waals surface area contributed by atoms with Crippen molar-refractivity contribution in [2.75, 3.05) is 0 Å². The van der Waals surface area contributed by atoms with Gasteiger partial charge in [0, 0.05) is 23.9 Å². The van der Waals surface area contributed by atoms with Gasteiger partial charge in [-0.25, -0.2) is 9.50 Å². The third-order valence-corrected chi connectivity index (χ3v) is 4.46. The minimum Gasteiger partial charge on any atom is -0.258 e. The second kappa shape index (κ2) is 5.29. The van der Waals surface area contributed by atoms with Crippen LogP contribution in [0.5, 0.6) is 0 Å². The van der Waals surface area contributed by atoms with Crippen LogP contribution >= 0.6 is 11.3 Å². The number of benzene rings is 1. The lowest BCUT2D eigenvalue weighted by atomic mass is 10.1. The monoisotopic (exact) mass is 322 g/mol. The first kappa shape index (κ1) is 13.6. The van der Waals surface area contributed by atoms with Crippen molar-refractivity contribution < 1.29 is 4.92 Å². The molecule has 112 valence electrons. The first-order chi connectivity index (χ1) is 11.2. The number of nitro groups is 1. The minimum atomic E-state index is -0.410. The van der Waals surface area contributed by atoms with Gasteiger partial charge in [-0.15, -0.1) is 11.3 Å². The molecule has 0 unspecified atom stereocenters. The molecule has 0 aliphatic heterocycles. The highest BCUT2D eigenvalue weighted by Gasteiger charge is 2.13. The Kier molecular flexibility index (Phi) is 3.13. The van der Waals surface area contributed by atoms with Crippen LogP contribution in [0.15, 0.2) is 60.2 Å². The molecule has 23 heavy (non-hydrogen) atoms. The van der Waals surface area contributed by atoms with Crippen LogP contribution in [0, 0.1) is 10.1 Å². The van der Waals surface area contributed by atoms with Crippen molar-refractivity contribution in [2.45, 2.75) is 0 Å². The van der Waals surface area contributed by atoms with Gasteiger partial charge in [-0.3, -0.25) is 10.1 Å². The van der Waals surface area contributed by atoms with Gasteiger partial charge >= 0.3 is 0 Å². The standard InChI is InChI=1S/C16H10N4O2S/c21-20(22)12-5-3-11(4-6-12)13-10-18-19-14(7-8-17-16(13)19)15-2-1-9-23-15/h1-10H. The van der Waals surface area contributed by atoms with E-state index in [2.05, 4.69) is 10.1 Å². The lowest BCUT2D eigenvalue weighted by Crippen LogP contribution is -1.94. The van der Waals surface area contributed by atoms with E-state index in [-0.39, 0.29) is 5.69 Å². The maximum absolute atomic E-state index is 10.8. The quantitative estimate of drug-likeness (QED) is 0.421. The zero-order chi connectivity index (χ0) is 15.8. The molecule has 0 N–H and O–H groups in total. The Morgan fingerprint density at radius 1 is 1.13 bits per heavy atom. The van der Waals surface area contributed by atoms with E-state index in [0.717, 1.165) is 27.3 Å². The highest BCUT2D eigenvalue weighted by atomic mass is 32.1. The third-order valence-electron chi connectivity index (χ3n) is 3.56. The largest absolute Gasteiger partial charge is 0.269 e. The molecule has 4 rings (SSSR count). The average Bonchev–Trinajstić information content (AvgIpc) is 3.24. The number of nitro benzene ring substituents is 1. The molecule has 0 radical (unpaired) electrons. The van der Waals surface area contributed by atoms with Gasteiger partial charge in [-0.05, 0) is 35.2 Å². The number of thiophene rings is 1. The zero-order valence-corrected chi connectivity index (χ0v) is 12.6. The van der Waals surface area contributed by atoms with E-state index in [1.807, 2.05) is 23.6 Å². The van der Waals surface area contributed by atoms with Crippen LogP contribution < -0.4 is 0 Å². The average molecular weight is 322 g/mol. The maximum Gasteiger partial charge on any atom is 0.269 e. The zero-order valence-electron chi connectivity index (χ0n) is 11.8. The van der Waals surface area contributed by atoms with Gasteiger partial charge < -0.3 is 0 Å². The van der Waals surface area contributed by atoms with Crippen molar-refractivity contribution in [3.05, 3.63) is 70.4 Å². The second-order valence-electron chi connectivity index (χ2n) is 4.91. The molecule has 6 nitrogen and oxygen atoms in total. The lowest BCUT2D eigenvalue weighted by molar-refractivity contribution is -0.384. The topological polar surface area (TPSA) is 73.3 Å². The van der Waals surface area contributed by atoms with Gasteiger partial charge in [0.1, 0.15) is 0 Å². The molecule has 0 fully saturated rings. The molecule has 0 spiro atoms. The Morgan fingerprint density at radius 2 is 1.96 bits per heavy atom. The number of hydrogen-bond acceptors (Lipinski definition) is 5. The molecule has 3 aromatic heterocycles. The summed E-state index contributed by atoms with van der Waals surface area (Å²) in [6.07, 6.45) is 3.49. The van der Waals surface area contributed by atoms with Crippen molar-refractivity contribution >= 4 is 22.7 Å². The van der Waals surface area contributed by atoms with E-state index in [1.165, 1.54) is 12.1 Å². The summed E-state index contributed by atoms with van der Waals surface area (Å²) in [6, 6.07) is 12.4.